The fraction of sp³-hybridized carbons (Fsp3) is 0.538. The van der Waals surface area contributed by atoms with Crippen LogP contribution in [0.5, 0.6) is 0 Å². The first-order valence-electron chi connectivity index (χ1n) is 5.97. The molecule has 1 saturated heterocycles. The van der Waals surface area contributed by atoms with Crippen LogP contribution in [-0.4, -0.2) is 29.4 Å². The predicted molar refractivity (Wildman–Crippen MR) is 70.5 cm³/mol. The molecule has 2 N–H and O–H groups in total. The van der Waals surface area contributed by atoms with Crippen molar-refractivity contribution in [1.29, 1.82) is 0 Å². The van der Waals surface area contributed by atoms with Gasteiger partial charge >= 0.3 is 0 Å². The number of benzene rings is 1. The van der Waals surface area contributed by atoms with Crippen molar-refractivity contribution in [2.75, 3.05) is 13.1 Å². The number of likely N-dealkylation sites (tertiary alicyclic amines) is 1. The lowest BCUT2D eigenvalue weighted by molar-refractivity contribution is 0.157. The molecule has 0 aromatic heterocycles. The van der Waals surface area contributed by atoms with Crippen molar-refractivity contribution in [1.82, 2.24) is 4.90 Å². The van der Waals surface area contributed by atoms with E-state index >= 15 is 0 Å². The summed E-state index contributed by atoms with van der Waals surface area (Å²) in [6.07, 6.45) is 2.41. The minimum absolute atomic E-state index is 0.279. The zero-order valence-electron chi connectivity index (χ0n) is 9.80. The molecule has 0 saturated carbocycles. The zero-order valence-corrected chi connectivity index (χ0v) is 10.6. The quantitative estimate of drug-likeness (QED) is 0.797. The highest BCUT2D eigenvalue weighted by atomic mass is 32.2. The summed E-state index contributed by atoms with van der Waals surface area (Å²) in [5, 5.41) is 0.552. The third-order valence-corrected chi connectivity index (χ3v) is 4.19. The number of rotatable bonds is 5. The molecular formula is C13H20N2S. The number of nitrogens with two attached hydrogens (primary N) is 1. The summed E-state index contributed by atoms with van der Waals surface area (Å²) in [6.45, 7) is 4.56. The summed E-state index contributed by atoms with van der Waals surface area (Å²) in [6, 6.07) is 10.9. The maximum atomic E-state index is 5.92. The van der Waals surface area contributed by atoms with Gasteiger partial charge in [0.05, 0.1) is 5.37 Å². The smallest absolute Gasteiger partial charge is 0.0619 e. The highest BCUT2D eigenvalue weighted by Gasteiger charge is 2.25. The lowest BCUT2D eigenvalue weighted by atomic mass is 10.1. The Balaban J connectivity index is 1.96. The van der Waals surface area contributed by atoms with Crippen molar-refractivity contribution in [3.05, 3.63) is 30.3 Å². The maximum Gasteiger partial charge on any atom is 0.0619 e. The first kappa shape index (κ1) is 12.0. The summed E-state index contributed by atoms with van der Waals surface area (Å²) < 4.78 is 0. The Hall–Kier alpha value is -0.510. The van der Waals surface area contributed by atoms with Crippen LogP contribution in [0.15, 0.2) is 35.2 Å². The Labute approximate surface area is 102 Å². The van der Waals surface area contributed by atoms with E-state index in [1.165, 1.54) is 24.4 Å². The molecule has 0 radical (unpaired) electrons. The molecule has 2 atom stereocenters. The van der Waals surface area contributed by atoms with E-state index in [2.05, 4.69) is 42.2 Å². The fourth-order valence-corrected chi connectivity index (χ4v) is 3.26. The second kappa shape index (κ2) is 5.71. The highest BCUT2D eigenvalue weighted by molar-refractivity contribution is 7.99. The zero-order chi connectivity index (χ0) is 11.4. The van der Waals surface area contributed by atoms with Crippen molar-refractivity contribution in [2.24, 2.45) is 5.73 Å². The molecule has 0 bridgehead atoms. The van der Waals surface area contributed by atoms with Crippen LogP contribution in [0.3, 0.4) is 0 Å². The molecule has 0 spiro atoms. The Kier molecular flexibility index (Phi) is 4.27. The predicted octanol–water partition coefficient (Wildman–Crippen LogP) is 2.55. The van der Waals surface area contributed by atoms with E-state index in [1.807, 2.05) is 11.8 Å². The molecule has 1 aromatic rings. The summed E-state index contributed by atoms with van der Waals surface area (Å²) in [7, 11) is 0. The first-order chi connectivity index (χ1) is 7.75. The molecular weight excluding hydrogens is 216 g/mol. The van der Waals surface area contributed by atoms with Gasteiger partial charge in [-0.05, 0) is 31.9 Å². The van der Waals surface area contributed by atoms with Crippen LogP contribution in [0.4, 0.5) is 0 Å². The van der Waals surface area contributed by atoms with Crippen molar-refractivity contribution < 1.29 is 0 Å². The lowest BCUT2D eigenvalue weighted by Gasteiger charge is -2.38. The number of hydrogen-bond acceptors (Lipinski definition) is 3. The van der Waals surface area contributed by atoms with E-state index in [1.54, 1.807) is 0 Å². The van der Waals surface area contributed by atoms with Gasteiger partial charge in [-0.15, -0.1) is 11.8 Å². The standard InChI is InChI=1S/C13H20N2S/c1-11(14)10-13(15-8-5-9-15)16-12-6-3-2-4-7-12/h2-4,6-7,11,13H,5,8-10,14H2,1H3. The molecule has 1 aliphatic heterocycles. The Morgan fingerprint density at radius 3 is 2.50 bits per heavy atom. The Morgan fingerprint density at radius 2 is 2.00 bits per heavy atom. The van der Waals surface area contributed by atoms with Gasteiger partial charge in [0.1, 0.15) is 0 Å². The molecule has 1 aliphatic rings. The van der Waals surface area contributed by atoms with Gasteiger partial charge in [-0.25, -0.2) is 0 Å². The Bertz CT molecular complexity index is 309. The number of hydrogen-bond donors (Lipinski definition) is 1. The minimum Gasteiger partial charge on any atom is -0.328 e. The van der Waals surface area contributed by atoms with E-state index in [9.17, 15) is 0 Å². The monoisotopic (exact) mass is 236 g/mol. The van der Waals surface area contributed by atoms with Gasteiger partial charge in [-0.2, -0.15) is 0 Å². The molecule has 0 amide bonds. The van der Waals surface area contributed by atoms with E-state index in [4.69, 9.17) is 5.73 Å². The summed E-state index contributed by atoms with van der Waals surface area (Å²) in [5.74, 6) is 0. The van der Waals surface area contributed by atoms with Crippen LogP contribution in [0.1, 0.15) is 19.8 Å². The highest BCUT2D eigenvalue weighted by Crippen LogP contribution is 2.30. The van der Waals surface area contributed by atoms with Gasteiger partial charge < -0.3 is 5.73 Å². The first-order valence-corrected chi connectivity index (χ1v) is 6.85. The van der Waals surface area contributed by atoms with E-state index in [-0.39, 0.29) is 6.04 Å². The SMILES string of the molecule is CC(N)CC(Sc1ccccc1)N1CCC1. The summed E-state index contributed by atoms with van der Waals surface area (Å²) in [5.41, 5.74) is 5.92. The topological polar surface area (TPSA) is 29.3 Å². The van der Waals surface area contributed by atoms with Crippen LogP contribution in [-0.2, 0) is 0 Å². The summed E-state index contributed by atoms with van der Waals surface area (Å²) >= 11 is 1.95. The summed E-state index contributed by atoms with van der Waals surface area (Å²) in [4.78, 5) is 3.88. The van der Waals surface area contributed by atoms with Crippen LogP contribution in [0.2, 0.25) is 0 Å². The van der Waals surface area contributed by atoms with Gasteiger partial charge in [0.2, 0.25) is 0 Å². The molecule has 88 valence electrons. The normalized spacial score (nSPS) is 20.1. The average molecular weight is 236 g/mol. The van der Waals surface area contributed by atoms with Gasteiger partial charge in [-0.3, -0.25) is 4.90 Å². The van der Waals surface area contributed by atoms with Gasteiger partial charge in [0.15, 0.2) is 0 Å². The molecule has 2 unspecified atom stereocenters. The molecule has 16 heavy (non-hydrogen) atoms. The third-order valence-electron chi connectivity index (χ3n) is 2.89. The van der Waals surface area contributed by atoms with Crippen molar-refractivity contribution in [2.45, 2.75) is 36.1 Å². The Morgan fingerprint density at radius 1 is 1.31 bits per heavy atom. The molecule has 1 aromatic carbocycles. The molecule has 2 nitrogen and oxygen atoms in total. The van der Waals surface area contributed by atoms with Crippen molar-refractivity contribution >= 4 is 11.8 Å². The van der Waals surface area contributed by atoms with Gasteiger partial charge in [-0.1, -0.05) is 18.2 Å². The maximum absolute atomic E-state index is 5.92. The average Bonchev–Trinajstić information content (AvgIpc) is 2.15. The third kappa shape index (κ3) is 3.24. The molecule has 2 rings (SSSR count). The second-order valence-electron chi connectivity index (χ2n) is 4.49. The molecule has 1 heterocycles. The largest absolute Gasteiger partial charge is 0.328 e. The minimum atomic E-state index is 0.279. The van der Waals surface area contributed by atoms with E-state index < -0.39 is 0 Å². The van der Waals surface area contributed by atoms with Crippen LogP contribution < -0.4 is 5.73 Å². The second-order valence-corrected chi connectivity index (χ2v) is 5.74. The van der Waals surface area contributed by atoms with Crippen molar-refractivity contribution in [3.8, 4) is 0 Å². The fourth-order valence-electron chi connectivity index (χ4n) is 1.87. The van der Waals surface area contributed by atoms with Crippen molar-refractivity contribution in [3.63, 3.8) is 0 Å². The van der Waals surface area contributed by atoms with Crippen LogP contribution in [0, 0.1) is 0 Å². The van der Waals surface area contributed by atoms with Gasteiger partial charge in [0.25, 0.3) is 0 Å². The van der Waals surface area contributed by atoms with E-state index in [0.29, 0.717) is 5.37 Å². The molecule has 1 fully saturated rings. The van der Waals surface area contributed by atoms with E-state index in [0.717, 1.165) is 6.42 Å². The molecule has 3 heteroatoms. The lowest BCUT2D eigenvalue weighted by Crippen LogP contribution is -2.45. The number of thioether (sulfide) groups is 1. The van der Waals surface area contributed by atoms with Gasteiger partial charge in [0, 0.05) is 24.0 Å². The van der Waals surface area contributed by atoms with Crippen LogP contribution in [0.25, 0.3) is 0 Å². The van der Waals surface area contributed by atoms with Crippen LogP contribution >= 0.6 is 11.8 Å². The number of nitrogens with zero attached hydrogens (tertiary/aromatic N) is 1. The molecule has 0 aliphatic carbocycles.